The van der Waals surface area contributed by atoms with E-state index in [1.54, 1.807) is 11.3 Å². The second kappa shape index (κ2) is 5.19. The van der Waals surface area contributed by atoms with E-state index in [-0.39, 0.29) is 11.5 Å². The van der Waals surface area contributed by atoms with Gasteiger partial charge in [0.1, 0.15) is 0 Å². The Bertz CT molecular complexity index is 341. The first-order chi connectivity index (χ1) is 7.66. The fourth-order valence-electron chi connectivity index (χ4n) is 2.87. The molecule has 0 saturated heterocycles. The molecule has 1 aliphatic rings. The summed E-state index contributed by atoms with van der Waals surface area (Å²) >= 11 is 5.21. The Balaban J connectivity index is 2.03. The average Bonchev–Trinajstić information content (AvgIpc) is 2.88. The molecule has 1 aliphatic carbocycles. The summed E-state index contributed by atoms with van der Waals surface area (Å²) in [5, 5.41) is 10.5. The summed E-state index contributed by atoms with van der Waals surface area (Å²) in [6.45, 7) is 2.22. The SMILES string of the molecule is CCC1(C(O)Cc2ccc(Br)s2)CCCC1. The molecule has 1 aromatic rings. The van der Waals surface area contributed by atoms with Gasteiger partial charge >= 0.3 is 0 Å². The molecule has 1 fully saturated rings. The Morgan fingerprint density at radius 1 is 1.44 bits per heavy atom. The molecular weight excluding hydrogens is 284 g/mol. The highest BCUT2D eigenvalue weighted by atomic mass is 79.9. The van der Waals surface area contributed by atoms with Gasteiger partial charge in [0.05, 0.1) is 9.89 Å². The van der Waals surface area contributed by atoms with Crippen molar-refractivity contribution in [3.8, 4) is 0 Å². The van der Waals surface area contributed by atoms with E-state index in [0.717, 1.165) is 16.6 Å². The van der Waals surface area contributed by atoms with Crippen LogP contribution in [0.25, 0.3) is 0 Å². The molecule has 90 valence electrons. The largest absolute Gasteiger partial charge is 0.392 e. The first-order valence-electron chi connectivity index (χ1n) is 6.08. The molecule has 1 N–H and O–H groups in total. The van der Waals surface area contributed by atoms with E-state index < -0.39 is 0 Å². The fraction of sp³-hybridized carbons (Fsp3) is 0.692. The third kappa shape index (κ3) is 2.52. The van der Waals surface area contributed by atoms with Crippen LogP contribution in [0.15, 0.2) is 15.9 Å². The molecular formula is C13H19BrOS. The number of aliphatic hydroxyl groups is 1. The van der Waals surface area contributed by atoms with Gasteiger partial charge in [-0.25, -0.2) is 0 Å². The highest BCUT2D eigenvalue weighted by Crippen LogP contribution is 2.45. The summed E-state index contributed by atoms with van der Waals surface area (Å²) in [6, 6.07) is 4.19. The molecule has 3 heteroatoms. The Morgan fingerprint density at radius 2 is 2.12 bits per heavy atom. The first kappa shape index (κ1) is 12.6. The number of aliphatic hydroxyl groups excluding tert-OH is 1. The molecule has 1 heterocycles. The minimum absolute atomic E-state index is 0.162. The summed E-state index contributed by atoms with van der Waals surface area (Å²) in [6.07, 6.45) is 6.77. The zero-order valence-electron chi connectivity index (χ0n) is 9.71. The Hall–Kier alpha value is 0.140. The van der Waals surface area contributed by atoms with Gasteiger partial charge in [-0.3, -0.25) is 0 Å². The molecule has 0 radical (unpaired) electrons. The van der Waals surface area contributed by atoms with Crippen molar-refractivity contribution < 1.29 is 5.11 Å². The van der Waals surface area contributed by atoms with Gasteiger partial charge in [-0.2, -0.15) is 0 Å². The van der Waals surface area contributed by atoms with Crippen LogP contribution >= 0.6 is 27.3 Å². The predicted molar refractivity (Wildman–Crippen MR) is 72.9 cm³/mol. The topological polar surface area (TPSA) is 20.2 Å². The molecule has 2 rings (SSSR count). The van der Waals surface area contributed by atoms with Crippen LogP contribution in [0.1, 0.15) is 43.9 Å². The predicted octanol–water partition coefficient (Wildman–Crippen LogP) is 4.38. The Kier molecular flexibility index (Phi) is 4.09. The normalized spacial score (nSPS) is 21.2. The highest BCUT2D eigenvalue weighted by Gasteiger charge is 2.38. The molecule has 0 spiro atoms. The molecule has 0 bridgehead atoms. The van der Waals surface area contributed by atoms with Crippen LogP contribution in [0.2, 0.25) is 0 Å². The van der Waals surface area contributed by atoms with E-state index in [1.165, 1.54) is 30.6 Å². The summed E-state index contributed by atoms with van der Waals surface area (Å²) in [7, 11) is 0. The summed E-state index contributed by atoms with van der Waals surface area (Å²) < 4.78 is 1.16. The first-order valence-corrected chi connectivity index (χ1v) is 7.69. The highest BCUT2D eigenvalue weighted by molar-refractivity contribution is 9.11. The van der Waals surface area contributed by atoms with Crippen molar-refractivity contribution in [2.75, 3.05) is 0 Å². The second-order valence-corrected chi connectivity index (χ2v) is 7.40. The van der Waals surface area contributed by atoms with Crippen molar-refractivity contribution >= 4 is 27.3 Å². The third-order valence-corrected chi connectivity index (χ3v) is 5.68. The lowest BCUT2D eigenvalue weighted by atomic mass is 9.76. The van der Waals surface area contributed by atoms with Gasteiger partial charge in [-0.15, -0.1) is 11.3 Å². The second-order valence-electron chi connectivity index (χ2n) is 4.85. The van der Waals surface area contributed by atoms with Crippen molar-refractivity contribution in [2.45, 2.75) is 51.6 Å². The third-order valence-electron chi connectivity index (χ3n) is 4.03. The Labute approximate surface area is 110 Å². The molecule has 0 aromatic carbocycles. The van der Waals surface area contributed by atoms with Crippen LogP contribution in [0.3, 0.4) is 0 Å². The molecule has 1 aromatic heterocycles. The lowest BCUT2D eigenvalue weighted by Gasteiger charge is -2.33. The molecule has 0 aliphatic heterocycles. The molecule has 0 amide bonds. The van der Waals surface area contributed by atoms with E-state index in [4.69, 9.17) is 0 Å². The van der Waals surface area contributed by atoms with Crippen LogP contribution in [-0.2, 0) is 6.42 Å². The van der Waals surface area contributed by atoms with E-state index in [0.29, 0.717) is 0 Å². The van der Waals surface area contributed by atoms with Crippen molar-refractivity contribution in [3.05, 3.63) is 20.8 Å². The summed E-state index contributed by atoms with van der Waals surface area (Å²) in [5.41, 5.74) is 0.205. The van der Waals surface area contributed by atoms with E-state index >= 15 is 0 Å². The lowest BCUT2D eigenvalue weighted by Crippen LogP contribution is -2.33. The van der Waals surface area contributed by atoms with Crippen LogP contribution in [0.4, 0.5) is 0 Å². The van der Waals surface area contributed by atoms with Crippen molar-refractivity contribution in [1.29, 1.82) is 0 Å². The molecule has 1 saturated carbocycles. The number of thiophene rings is 1. The van der Waals surface area contributed by atoms with E-state index in [2.05, 4.69) is 35.0 Å². The maximum atomic E-state index is 10.5. The van der Waals surface area contributed by atoms with Gasteiger partial charge in [-0.05, 0) is 52.7 Å². The zero-order chi connectivity index (χ0) is 11.6. The summed E-state index contributed by atoms with van der Waals surface area (Å²) in [5.74, 6) is 0. The minimum Gasteiger partial charge on any atom is -0.392 e. The molecule has 1 atom stereocenters. The quantitative estimate of drug-likeness (QED) is 0.875. The van der Waals surface area contributed by atoms with Gasteiger partial charge in [0.15, 0.2) is 0 Å². The maximum absolute atomic E-state index is 10.5. The van der Waals surface area contributed by atoms with E-state index in [9.17, 15) is 5.11 Å². The van der Waals surface area contributed by atoms with Gasteiger partial charge in [0.2, 0.25) is 0 Å². The molecule has 1 unspecified atom stereocenters. The zero-order valence-corrected chi connectivity index (χ0v) is 12.1. The number of hydrogen-bond acceptors (Lipinski definition) is 2. The Morgan fingerprint density at radius 3 is 2.62 bits per heavy atom. The van der Waals surface area contributed by atoms with Gasteiger partial charge in [-0.1, -0.05) is 19.8 Å². The van der Waals surface area contributed by atoms with Gasteiger partial charge in [0.25, 0.3) is 0 Å². The number of rotatable bonds is 4. The smallest absolute Gasteiger partial charge is 0.0701 e. The molecule has 1 nitrogen and oxygen atoms in total. The van der Waals surface area contributed by atoms with Gasteiger partial charge < -0.3 is 5.11 Å². The fourth-order valence-corrected chi connectivity index (χ4v) is 4.39. The van der Waals surface area contributed by atoms with Gasteiger partial charge in [0, 0.05) is 11.3 Å². The van der Waals surface area contributed by atoms with Crippen molar-refractivity contribution in [1.82, 2.24) is 0 Å². The van der Waals surface area contributed by atoms with Crippen molar-refractivity contribution in [3.63, 3.8) is 0 Å². The summed E-state index contributed by atoms with van der Waals surface area (Å²) in [4.78, 5) is 1.29. The minimum atomic E-state index is -0.162. The average molecular weight is 303 g/mol. The van der Waals surface area contributed by atoms with Crippen LogP contribution in [-0.4, -0.2) is 11.2 Å². The standard InChI is InChI=1S/C13H19BrOS/c1-2-13(7-3-4-8-13)11(15)9-10-5-6-12(14)16-10/h5-6,11,15H,2-4,7-9H2,1H3. The van der Waals surface area contributed by atoms with E-state index in [1.807, 2.05) is 0 Å². The molecule has 16 heavy (non-hydrogen) atoms. The maximum Gasteiger partial charge on any atom is 0.0701 e. The number of halogens is 1. The number of hydrogen-bond donors (Lipinski definition) is 1. The lowest BCUT2D eigenvalue weighted by molar-refractivity contribution is 0.0263. The van der Waals surface area contributed by atoms with Crippen LogP contribution in [0.5, 0.6) is 0 Å². The van der Waals surface area contributed by atoms with Crippen LogP contribution < -0.4 is 0 Å². The van der Waals surface area contributed by atoms with Crippen molar-refractivity contribution in [2.24, 2.45) is 5.41 Å². The monoisotopic (exact) mass is 302 g/mol. The van der Waals surface area contributed by atoms with Crippen LogP contribution in [0, 0.1) is 5.41 Å².